The number of fused-ring (bicyclic) bond motifs is 2. The van der Waals surface area contributed by atoms with Crippen molar-refractivity contribution in [2.75, 3.05) is 11.9 Å². The molecule has 28 heavy (non-hydrogen) atoms. The van der Waals surface area contributed by atoms with Gasteiger partial charge in [0.1, 0.15) is 11.4 Å². The molecule has 0 spiro atoms. The molecule has 2 saturated heterocycles. The molecule has 2 fully saturated rings. The van der Waals surface area contributed by atoms with Crippen molar-refractivity contribution in [2.24, 2.45) is 0 Å². The fourth-order valence-electron chi connectivity index (χ4n) is 4.51. The molecular weight excluding hydrogens is 373 g/mol. The molecular formula is C20H21F3N2O3. The summed E-state index contributed by atoms with van der Waals surface area (Å²) in [5.41, 5.74) is -2.17. The summed E-state index contributed by atoms with van der Waals surface area (Å²) in [6, 6.07) is 8.39. The van der Waals surface area contributed by atoms with E-state index >= 15 is 0 Å². The van der Waals surface area contributed by atoms with Crippen molar-refractivity contribution in [3.8, 4) is 0 Å². The summed E-state index contributed by atoms with van der Waals surface area (Å²) in [4.78, 5) is 14.5. The summed E-state index contributed by atoms with van der Waals surface area (Å²) in [6.07, 6.45) is -0.478. The van der Waals surface area contributed by atoms with Crippen LogP contribution in [0.4, 0.5) is 18.9 Å². The molecule has 1 aromatic heterocycles. The van der Waals surface area contributed by atoms with E-state index in [1.165, 1.54) is 24.5 Å². The normalized spacial score (nSPS) is 27.7. The molecule has 1 aromatic carbocycles. The monoisotopic (exact) mass is 394 g/mol. The van der Waals surface area contributed by atoms with Crippen LogP contribution in [0, 0.1) is 0 Å². The van der Waals surface area contributed by atoms with E-state index in [0.29, 0.717) is 18.6 Å². The number of carbonyl (C=O) groups excluding carboxylic acids is 1. The van der Waals surface area contributed by atoms with Crippen LogP contribution in [0.15, 0.2) is 47.1 Å². The number of hydrogen-bond donors (Lipinski definition) is 2. The summed E-state index contributed by atoms with van der Waals surface area (Å²) in [5, 5.41) is 13.4. The number of carbonyl (C=O) groups is 1. The molecule has 0 saturated carbocycles. The molecule has 4 rings (SSSR count). The SMILES string of the molecule is O=C(CN1C2CCC1CC(O)(c1ccco1)C2)Nc1ccccc1C(F)(F)F. The van der Waals surface area contributed by atoms with Crippen molar-refractivity contribution in [1.29, 1.82) is 0 Å². The van der Waals surface area contributed by atoms with Gasteiger partial charge in [0.15, 0.2) is 0 Å². The molecule has 150 valence electrons. The lowest BCUT2D eigenvalue weighted by molar-refractivity contribution is -0.137. The zero-order valence-electron chi connectivity index (χ0n) is 15.1. The van der Waals surface area contributed by atoms with Gasteiger partial charge in [0.2, 0.25) is 5.91 Å². The van der Waals surface area contributed by atoms with Gasteiger partial charge >= 0.3 is 6.18 Å². The number of amides is 1. The van der Waals surface area contributed by atoms with E-state index in [4.69, 9.17) is 4.42 Å². The molecule has 5 nitrogen and oxygen atoms in total. The predicted octanol–water partition coefficient (Wildman–Crippen LogP) is 3.75. The average Bonchev–Trinajstić information content (AvgIpc) is 3.24. The third-order valence-corrected chi connectivity index (χ3v) is 5.73. The maximum Gasteiger partial charge on any atom is 0.418 e. The van der Waals surface area contributed by atoms with Gasteiger partial charge in [0, 0.05) is 12.1 Å². The van der Waals surface area contributed by atoms with E-state index in [1.807, 2.05) is 4.90 Å². The minimum absolute atomic E-state index is 0.00421. The maximum atomic E-state index is 13.1. The first-order chi connectivity index (χ1) is 13.3. The molecule has 2 aliphatic rings. The molecule has 2 aromatic rings. The number of anilines is 1. The molecule has 0 radical (unpaired) electrons. The Balaban J connectivity index is 1.44. The maximum absolute atomic E-state index is 13.1. The number of furan rings is 1. The van der Waals surface area contributed by atoms with E-state index in [9.17, 15) is 23.1 Å². The van der Waals surface area contributed by atoms with Crippen LogP contribution < -0.4 is 5.32 Å². The molecule has 3 heterocycles. The van der Waals surface area contributed by atoms with Gasteiger partial charge in [-0.2, -0.15) is 13.2 Å². The van der Waals surface area contributed by atoms with E-state index in [0.717, 1.165) is 18.9 Å². The minimum Gasteiger partial charge on any atom is -0.466 e. The van der Waals surface area contributed by atoms with E-state index < -0.39 is 23.2 Å². The van der Waals surface area contributed by atoms with Gasteiger partial charge in [-0.3, -0.25) is 9.69 Å². The first kappa shape index (κ1) is 19.0. The number of halogens is 3. The van der Waals surface area contributed by atoms with Crippen LogP contribution in [0.2, 0.25) is 0 Å². The van der Waals surface area contributed by atoms with Crippen molar-refractivity contribution < 1.29 is 27.5 Å². The quantitative estimate of drug-likeness (QED) is 0.829. The van der Waals surface area contributed by atoms with Gasteiger partial charge in [0.05, 0.1) is 24.1 Å². The first-order valence-corrected chi connectivity index (χ1v) is 9.24. The molecule has 2 bridgehead atoms. The van der Waals surface area contributed by atoms with Gasteiger partial charge in [-0.25, -0.2) is 0 Å². The Hall–Kier alpha value is -2.32. The Morgan fingerprint density at radius 2 is 1.86 bits per heavy atom. The Morgan fingerprint density at radius 1 is 1.18 bits per heavy atom. The highest BCUT2D eigenvalue weighted by Crippen LogP contribution is 2.45. The molecule has 1 amide bonds. The van der Waals surface area contributed by atoms with Crippen molar-refractivity contribution in [3.05, 3.63) is 54.0 Å². The standard InChI is InChI=1S/C20H21F3N2O3/c21-20(22,23)15-4-1-2-5-16(15)24-18(26)12-25-13-7-8-14(25)11-19(27,10-13)17-6-3-9-28-17/h1-6,9,13-14,27H,7-8,10-12H2,(H,24,26). The minimum atomic E-state index is -4.53. The molecule has 2 unspecified atom stereocenters. The Bertz CT molecular complexity index is 837. The average molecular weight is 394 g/mol. The molecule has 8 heteroatoms. The molecule has 0 aliphatic carbocycles. The van der Waals surface area contributed by atoms with Gasteiger partial charge < -0.3 is 14.8 Å². The summed E-state index contributed by atoms with van der Waals surface area (Å²) >= 11 is 0. The van der Waals surface area contributed by atoms with E-state index in [2.05, 4.69) is 5.32 Å². The second-order valence-corrected chi connectivity index (χ2v) is 7.57. The van der Waals surface area contributed by atoms with Gasteiger partial charge in [-0.15, -0.1) is 0 Å². The third kappa shape index (κ3) is 3.54. The molecule has 2 aliphatic heterocycles. The highest BCUT2D eigenvalue weighted by Gasteiger charge is 2.50. The lowest BCUT2D eigenvalue weighted by Crippen LogP contribution is -2.51. The van der Waals surface area contributed by atoms with E-state index in [1.54, 1.807) is 12.1 Å². The summed E-state index contributed by atoms with van der Waals surface area (Å²) in [6.45, 7) is -0.00421. The van der Waals surface area contributed by atoms with Crippen LogP contribution >= 0.6 is 0 Å². The highest BCUT2D eigenvalue weighted by atomic mass is 19.4. The number of nitrogens with zero attached hydrogens (tertiary/aromatic N) is 1. The topological polar surface area (TPSA) is 65.7 Å². The first-order valence-electron chi connectivity index (χ1n) is 9.24. The van der Waals surface area contributed by atoms with Gasteiger partial charge in [0.25, 0.3) is 0 Å². The zero-order valence-corrected chi connectivity index (χ0v) is 15.1. The number of benzene rings is 1. The number of hydrogen-bond acceptors (Lipinski definition) is 4. The largest absolute Gasteiger partial charge is 0.466 e. The van der Waals surface area contributed by atoms with E-state index in [-0.39, 0.29) is 24.3 Å². The second kappa shape index (κ2) is 6.93. The number of rotatable bonds is 4. The lowest BCUT2D eigenvalue weighted by Gasteiger charge is -2.42. The van der Waals surface area contributed by atoms with Crippen LogP contribution in [0.25, 0.3) is 0 Å². The second-order valence-electron chi connectivity index (χ2n) is 7.57. The number of alkyl halides is 3. The number of para-hydroxylation sites is 1. The highest BCUT2D eigenvalue weighted by molar-refractivity contribution is 5.93. The van der Waals surface area contributed by atoms with Crippen molar-refractivity contribution in [3.63, 3.8) is 0 Å². The Kier molecular flexibility index (Phi) is 4.71. The smallest absolute Gasteiger partial charge is 0.418 e. The third-order valence-electron chi connectivity index (χ3n) is 5.73. The van der Waals surface area contributed by atoms with Crippen molar-refractivity contribution in [2.45, 2.75) is 49.5 Å². The number of aliphatic hydroxyl groups is 1. The zero-order chi connectivity index (χ0) is 19.9. The molecule has 2 atom stereocenters. The van der Waals surface area contributed by atoms with Crippen molar-refractivity contribution >= 4 is 11.6 Å². The van der Waals surface area contributed by atoms with Crippen LogP contribution in [-0.2, 0) is 16.6 Å². The predicted molar refractivity (Wildman–Crippen MR) is 95.4 cm³/mol. The van der Waals surface area contributed by atoms with Crippen molar-refractivity contribution in [1.82, 2.24) is 4.90 Å². The van der Waals surface area contributed by atoms with Crippen LogP contribution in [-0.4, -0.2) is 34.5 Å². The van der Waals surface area contributed by atoms with Crippen LogP contribution in [0.5, 0.6) is 0 Å². The molecule has 2 N–H and O–H groups in total. The Labute approximate surface area is 160 Å². The number of nitrogens with one attached hydrogen (secondary N) is 1. The van der Waals surface area contributed by atoms with Gasteiger partial charge in [-0.1, -0.05) is 12.1 Å². The summed E-state index contributed by atoms with van der Waals surface area (Å²) in [5.74, 6) is 0.0321. The lowest BCUT2D eigenvalue weighted by atomic mass is 9.84. The fourth-order valence-corrected chi connectivity index (χ4v) is 4.51. The fraction of sp³-hybridized carbons (Fsp3) is 0.450. The number of piperidine rings is 1. The summed E-state index contributed by atoms with van der Waals surface area (Å²) in [7, 11) is 0. The summed E-state index contributed by atoms with van der Waals surface area (Å²) < 4.78 is 44.7. The Morgan fingerprint density at radius 3 is 2.46 bits per heavy atom. The van der Waals surface area contributed by atoms with Crippen LogP contribution in [0.1, 0.15) is 37.0 Å². The van der Waals surface area contributed by atoms with Crippen LogP contribution in [0.3, 0.4) is 0 Å². The van der Waals surface area contributed by atoms with Gasteiger partial charge in [-0.05, 0) is 49.9 Å².